The number of rotatable bonds is 4. The predicted molar refractivity (Wildman–Crippen MR) is 102 cm³/mol. The fraction of sp³-hybridized carbons (Fsp3) is 0.250. The van der Waals surface area contributed by atoms with E-state index in [1.165, 1.54) is 0 Å². The van der Waals surface area contributed by atoms with Gasteiger partial charge in [-0.25, -0.2) is 0 Å². The number of hydrogen-bond donors (Lipinski definition) is 1. The van der Waals surface area contributed by atoms with Crippen LogP contribution in [0.5, 0.6) is 0 Å². The van der Waals surface area contributed by atoms with Crippen molar-refractivity contribution in [2.45, 2.75) is 12.8 Å². The summed E-state index contributed by atoms with van der Waals surface area (Å²) in [5.74, 6) is -1.16. The summed E-state index contributed by atoms with van der Waals surface area (Å²) in [5.41, 5.74) is 6.63. The smallest absolute Gasteiger partial charge is 0.254 e. The summed E-state index contributed by atoms with van der Waals surface area (Å²) in [4.78, 5) is 39.0. The third-order valence-corrected chi connectivity index (χ3v) is 5.15. The molecule has 0 radical (unpaired) electrons. The maximum absolute atomic E-state index is 13.0. The normalized spacial score (nSPS) is 17.0. The number of hydrogen-bond acceptors (Lipinski definition) is 3. The molecule has 1 heterocycles. The van der Waals surface area contributed by atoms with Gasteiger partial charge in [-0.3, -0.25) is 14.4 Å². The lowest BCUT2D eigenvalue weighted by molar-refractivity contribution is -0.123. The number of primary amides is 1. The molecule has 0 bridgehead atoms. The number of carbonyl (C=O) groups excluding carboxylic acids is 3. The van der Waals surface area contributed by atoms with E-state index in [2.05, 4.69) is 15.9 Å². The van der Waals surface area contributed by atoms with Crippen LogP contribution in [0.25, 0.3) is 0 Å². The lowest BCUT2D eigenvalue weighted by atomic mass is 9.94. The van der Waals surface area contributed by atoms with Crippen molar-refractivity contribution in [3.8, 4) is 0 Å². The number of piperidine rings is 1. The molecule has 1 unspecified atom stereocenters. The van der Waals surface area contributed by atoms with Gasteiger partial charge in [0.2, 0.25) is 5.91 Å². The third-order valence-electron chi connectivity index (χ3n) is 4.62. The van der Waals surface area contributed by atoms with Gasteiger partial charge in [-0.15, -0.1) is 0 Å². The van der Waals surface area contributed by atoms with Gasteiger partial charge >= 0.3 is 0 Å². The lowest BCUT2D eigenvalue weighted by Gasteiger charge is -2.31. The first kappa shape index (κ1) is 18.3. The second-order valence-corrected chi connectivity index (χ2v) is 7.29. The van der Waals surface area contributed by atoms with Gasteiger partial charge in [0.05, 0.1) is 11.5 Å². The molecule has 1 aliphatic heterocycles. The van der Waals surface area contributed by atoms with Gasteiger partial charge < -0.3 is 10.6 Å². The van der Waals surface area contributed by atoms with E-state index < -0.39 is 0 Å². The number of ketones is 1. The summed E-state index contributed by atoms with van der Waals surface area (Å²) < 4.78 is 0.879. The average Bonchev–Trinajstić information content (AvgIpc) is 2.67. The van der Waals surface area contributed by atoms with Crippen LogP contribution in [0.15, 0.2) is 53.0 Å². The molecule has 2 amide bonds. The summed E-state index contributed by atoms with van der Waals surface area (Å²) in [6, 6.07) is 13.8. The van der Waals surface area contributed by atoms with Gasteiger partial charge in [0.15, 0.2) is 5.78 Å². The average molecular weight is 415 g/mol. The van der Waals surface area contributed by atoms with Gasteiger partial charge in [0, 0.05) is 28.7 Å². The Balaban J connectivity index is 1.89. The van der Waals surface area contributed by atoms with E-state index in [0.717, 1.165) is 10.9 Å². The number of carbonyl (C=O) groups is 3. The van der Waals surface area contributed by atoms with Crippen LogP contribution in [0.1, 0.15) is 39.1 Å². The highest BCUT2D eigenvalue weighted by atomic mass is 79.9. The zero-order valence-electron chi connectivity index (χ0n) is 14.2. The van der Waals surface area contributed by atoms with E-state index in [0.29, 0.717) is 36.2 Å². The van der Waals surface area contributed by atoms with Crippen molar-refractivity contribution in [3.05, 3.63) is 69.7 Å². The Morgan fingerprint density at radius 3 is 2.31 bits per heavy atom. The molecule has 1 fully saturated rings. The van der Waals surface area contributed by atoms with Gasteiger partial charge in [-0.2, -0.15) is 0 Å². The van der Waals surface area contributed by atoms with Crippen LogP contribution < -0.4 is 5.73 Å². The quantitative estimate of drug-likeness (QED) is 0.780. The van der Waals surface area contributed by atoms with Crippen molar-refractivity contribution >= 4 is 33.5 Å². The highest BCUT2D eigenvalue weighted by molar-refractivity contribution is 9.10. The van der Waals surface area contributed by atoms with E-state index >= 15 is 0 Å². The molecule has 0 aromatic heterocycles. The first-order valence-electron chi connectivity index (χ1n) is 8.45. The molecule has 2 aromatic carbocycles. The number of nitrogens with two attached hydrogens (primary N) is 1. The molecule has 3 rings (SSSR count). The Hall–Kier alpha value is -2.47. The van der Waals surface area contributed by atoms with Crippen molar-refractivity contribution in [1.82, 2.24) is 4.90 Å². The van der Waals surface area contributed by atoms with Crippen LogP contribution in [-0.2, 0) is 4.79 Å². The third kappa shape index (κ3) is 3.85. The second-order valence-electron chi connectivity index (χ2n) is 6.37. The maximum Gasteiger partial charge on any atom is 0.254 e. The van der Waals surface area contributed by atoms with Crippen molar-refractivity contribution in [2.24, 2.45) is 11.7 Å². The number of halogens is 1. The number of nitrogens with zero attached hydrogens (tertiary/aromatic N) is 1. The van der Waals surface area contributed by atoms with E-state index in [1.807, 2.05) is 0 Å². The van der Waals surface area contributed by atoms with Crippen LogP contribution >= 0.6 is 15.9 Å². The summed E-state index contributed by atoms with van der Waals surface area (Å²) >= 11 is 3.35. The zero-order valence-corrected chi connectivity index (χ0v) is 15.7. The highest BCUT2D eigenvalue weighted by Crippen LogP contribution is 2.22. The monoisotopic (exact) mass is 414 g/mol. The molecule has 26 heavy (non-hydrogen) atoms. The molecule has 1 aliphatic rings. The van der Waals surface area contributed by atoms with Gasteiger partial charge in [-0.1, -0.05) is 34.1 Å². The summed E-state index contributed by atoms with van der Waals surface area (Å²) in [6.07, 6.45) is 1.42. The first-order valence-corrected chi connectivity index (χ1v) is 9.24. The molecule has 1 atom stereocenters. The standard InChI is InChI=1S/C20H19BrN2O3/c21-15-9-7-13(8-10-15)18(24)16-5-1-2-6-17(16)20(26)23-11-3-4-14(12-23)19(22)25/h1-2,5-10,14H,3-4,11-12H2,(H2,22,25). The van der Waals surface area contributed by atoms with Crippen molar-refractivity contribution in [1.29, 1.82) is 0 Å². The number of benzene rings is 2. The van der Waals surface area contributed by atoms with Crippen LogP contribution in [0.2, 0.25) is 0 Å². The van der Waals surface area contributed by atoms with Gasteiger partial charge in [0.25, 0.3) is 5.91 Å². The highest BCUT2D eigenvalue weighted by Gasteiger charge is 2.29. The topological polar surface area (TPSA) is 80.5 Å². The molecule has 5 nitrogen and oxygen atoms in total. The Morgan fingerprint density at radius 1 is 1.00 bits per heavy atom. The minimum absolute atomic E-state index is 0.204. The van der Waals surface area contributed by atoms with Gasteiger partial charge in [-0.05, 0) is 43.2 Å². The fourth-order valence-corrected chi connectivity index (χ4v) is 3.45. The predicted octanol–water partition coefficient (Wildman–Crippen LogP) is 3.02. The van der Waals surface area contributed by atoms with E-state index in [-0.39, 0.29) is 23.5 Å². The molecule has 6 heteroatoms. The van der Waals surface area contributed by atoms with Crippen LogP contribution in [0.3, 0.4) is 0 Å². The largest absolute Gasteiger partial charge is 0.369 e. The van der Waals surface area contributed by atoms with Crippen molar-refractivity contribution in [2.75, 3.05) is 13.1 Å². The molecule has 0 saturated carbocycles. The Kier molecular flexibility index (Phi) is 5.52. The van der Waals surface area contributed by atoms with E-state index in [1.54, 1.807) is 53.4 Å². The number of amides is 2. The lowest BCUT2D eigenvalue weighted by Crippen LogP contribution is -2.44. The van der Waals surface area contributed by atoms with Crippen molar-refractivity contribution < 1.29 is 14.4 Å². The minimum Gasteiger partial charge on any atom is -0.369 e. The SMILES string of the molecule is NC(=O)C1CCCN(C(=O)c2ccccc2C(=O)c2ccc(Br)cc2)C1. The Labute approximate surface area is 160 Å². The molecular formula is C20H19BrN2O3. The molecule has 1 saturated heterocycles. The molecule has 2 aromatic rings. The Bertz CT molecular complexity index is 848. The van der Waals surface area contributed by atoms with Crippen molar-refractivity contribution in [3.63, 3.8) is 0 Å². The minimum atomic E-state index is -0.387. The maximum atomic E-state index is 13.0. The molecule has 2 N–H and O–H groups in total. The van der Waals surface area contributed by atoms with Crippen LogP contribution in [-0.4, -0.2) is 35.6 Å². The summed E-state index contributed by atoms with van der Waals surface area (Å²) in [7, 11) is 0. The zero-order chi connectivity index (χ0) is 18.7. The molecule has 0 spiro atoms. The van der Waals surface area contributed by atoms with Crippen LogP contribution in [0, 0.1) is 5.92 Å². The Morgan fingerprint density at radius 2 is 1.65 bits per heavy atom. The molecular weight excluding hydrogens is 396 g/mol. The number of likely N-dealkylation sites (tertiary alicyclic amines) is 1. The van der Waals surface area contributed by atoms with Gasteiger partial charge in [0.1, 0.15) is 0 Å². The fourth-order valence-electron chi connectivity index (χ4n) is 3.19. The molecule has 134 valence electrons. The second kappa shape index (κ2) is 7.83. The van der Waals surface area contributed by atoms with Crippen LogP contribution in [0.4, 0.5) is 0 Å². The summed E-state index contributed by atoms with van der Waals surface area (Å²) in [6.45, 7) is 0.860. The van der Waals surface area contributed by atoms with E-state index in [4.69, 9.17) is 5.73 Å². The summed E-state index contributed by atoms with van der Waals surface area (Å²) in [5, 5.41) is 0. The molecule has 0 aliphatic carbocycles. The van der Waals surface area contributed by atoms with E-state index in [9.17, 15) is 14.4 Å². The first-order chi connectivity index (χ1) is 12.5.